The maximum Gasteiger partial charge on any atom is 0.336 e. The molecule has 0 aliphatic carbocycles. The minimum atomic E-state index is -0.501. The zero-order valence-electron chi connectivity index (χ0n) is 15.9. The summed E-state index contributed by atoms with van der Waals surface area (Å²) in [6.45, 7) is 7.54. The van der Waals surface area contributed by atoms with Crippen molar-refractivity contribution in [2.75, 3.05) is 0 Å². The van der Waals surface area contributed by atoms with Crippen molar-refractivity contribution in [3.63, 3.8) is 0 Å². The molecule has 0 saturated heterocycles. The summed E-state index contributed by atoms with van der Waals surface area (Å²) in [5.41, 5.74) is 1.98. The molecule has 1 amide bonds. The molecule has 0 saturated carbocycles. The molecule has 6 nitrogen and oxygen atoms in total. The first kappa shape index (κ1) is 19.1. The van der Waals surface area contributed by atoms with Gasteiger partial charge in [-0.25, -0.2) is 9.36 Å². The summed E-state index contributed by atoms with van der Waals surface area (Å²) >= 11 is 1.28. The Balaban J connectivity index is 2.22. The van der Waals surface area contributed by atoms with Crippen LogP contribution < -0.4 is 16.6 Å². The number of amides is 1. The molecule has 142 valence electrons. The van der Waals surface area contributed by atoms with Crippen LogP contribution in [0.4, 0.5) is 0 Å². The van der Waals surface area contributed by atoms with Gasteiger partial charge >= 0.3 is 5.69 Å². The van der Waals surface area contributed by atoms with Crippen molar-refractivity contribution in [2.24, 2.45) is 0 Å². The van der Waals surface area contributed by atoms with E-state index in [0.29, 0.717) is 15.9 Å². The SMILES string of the molecule is CCC(C)NC(=O)Cn1c(=O)n(-c2cc(C)ccc2C)c(=O)c2sccc21. The van der Waals surface area contributed by atoms with Gasteiger partial charge in [-0.1, -0.05) is 19.1 Å². The van der Waals surface area contributed by atoms with Crippen molar-refractivity contribution in [3.8, 4) is 5.69 Å². The Morgan fingerprint density at radius 3 is 2.67 bits per heavy atom. The number of nitrogens with one attached hydrogen (secondary N) is 1. The maximum absolute atomic E-state index is 13.2. The average molecular weight is 385 g/mol. The van der Waals surface area contributed by atoms with Gasteiger partial charge in [0, 0.05) is 6.04 Å². The number of rotatable bonds is 5. The Bertz CT molecular complexity index is 1120. The minimum absolute atomic E-state index is 0.0242. The van der Waals surface area contributed by atoms with Crippen LogP contribution >= 0.6 is 11.3 Å². The largest absolute Gasteiger partial charge is 0.352 e. The Morgan fingerprint density at radius 1 is 1.22 bits per heavy atom. The third-order valence-corrected chi connectivity index (χ3v) is 5.57. The molecule has 1 unspecified atom stereocenters. The van der Waals surface area contributed by atoms with E-state index in [9.17, 15) is 14.4 Å². The topological polar surface area (TPSA) is 73.1 Å². The predicted octanol–water partition coefficient (Wildman–Crippen LogP) is 2.75. The smallest absolute Gasteiger partial charge is 0.336 e. The molecule has 1 N–H and O–H groups in total. The Kier molecular flexibility index (Phi) is 5.32. The monoisotopic (exact) mass is 385 g/mol. The molecule has 3 rings (SSSR count). The van der Waals surface area contributed by atoms with E-state index in [1.807, 2.05) is 45.9 Å². The van der Waals surface area contributed by atoms with Gasteiger partial charge in [-0.3, -0.25) is 14.2 Å². The number of nitrogens with zero attached hydrogens (tertiary/aromatic N) is 2. The second-order valence-electron chi connectivity index (χ2n) is 6.81. The molecule has 0 aliphatic rings. The van der Waals surface area contributed by atoms with E-state index in [1.54, 1.807) is 11.4 Å². The van der Waals surface area contributed by atoms with Crippen molar-refractivity contribution in [2.45, 2.75) is 46.7 Å². The highest BCUT2D eigenvalue weighted by atomic mass is 32.1. The van der Waals surface area contributed by atoms with Gasteiger partial charge in [-0.05, 0) is 55.8 Å². The number of aryl methyl sites for hydroxylation is 2. The van der Waals surface area contributed by atoms with Crippen molar-refractivity contribution < 1.29 is 4.79 Å². The number of hydrogen-bond donors (Lipinski definition) is 1. The lowest BCUT2D eigenvalue weighted by Crippen LogP contribution is -2.43. The van der Waals surface area contributed by atoms with E-state index >= 15 is 0 Å². The lowest BCUT2D eigenvalue weighted by atomic mass is 10.1. The highest BCUT2D eigenvalue weighted by Gasteiger charge is 2.19. The molecule has 0 fully saturated rings. The summed E-state index contributed by atoms with van der Waals surface area (Å²) < 4.78 is 3.02. The zero-order valence-corrected chi connectivity index (χ0v) is 16.7. The number of thiophene rings is 1. The van der Waals surface area contributed by atoms with Crippen LogP contribution in [-0.2, 0) is 11.3 Å². The molecule has 1 aromatic carbocycles. The highest BCUT2D eigenvalue weighted by Crippen LogP contribution is 2.18. The maximum atomic E-state index is 13.2. The molecule has 0 aliphatic heterocycles. The molecule has 0 radical (unpaired) electrons. The summed E-state index contributed by atoms with van der Waals surface area (Å²) in [6.07, 6.45) is 0.802. The number of benzene rings is 1. The minimum Gasteiger partial charge on any atom is -0.352 e. The van der Waals surface area contributed by atoms with E-state index in [1.165, 1.54) is 20.5 Å². The number of carbonyl (C=O) groups excluding carboxylic acids is 1. The first-order chi connectivity index (χ1) is 12.8. The predicted molar refractivity (Wildman–Crippen MR) is 109 cm³/mol. The van der Waals surface area contributed by atoms with Crippen LogP contribution in [0.5, 0.6) is 0 Å². The van der Waals surface area contributed by atoms with Crippen LogP contribution in [0.15, 0.2) is 39.2 Å². The lowest BCUT2D eigenvalue weighted by molar-refractivity contribution is -0.122. The first-order valence-electron chi connectivity index (χ1n) is 8.93. The van der Waals surface area contributed by atoms with E-state index in [2.05, 4.69) is 5.32 Å². The molecule has 1 atom stereocenters. The van der Waals surface area contributed by atoms with Crippen LogP contribution in [0.3, 0.4) is 0 Å². The molecule has 3 aromatic rings. The van der Waals surface area contributed by atoms with Gasteiger partial charge in [0.2, 0.25) is 5.91 Å². The van der Waals surface area contributed by atoms with Crippen molar-refractivity contribution in [1.82, 2.24) is 14.5 Å². The molecule has 0 bridgehead atoms. The van der Waals surface area contributed by atoms with Crippen molar-refractivity contribution >= 4 is 27.5 Å². The molecular weight excluding hydrogens is 362 g/mol. The second kappa shape index (κ2) is 7.52. The number of hydrogen-bond acceptors (Lipinski definition) is 4. The van der Waals surface area contributed by atoms with E-state index in [0.717, 1.165) is 17.5 Å². The molecular formula is C20H23N3O3S. The summed E-state index contributed by atoms with van der Waals surface area (Å²) in [5.74, 6) is -0.245. The van der Waals surface area contributed by atoms with Crippen molar-refractivity contribution in [3.05, 3.63) is 61.6 Å². The zero-order chi connectivity index (χ0) is 19.7. The van der Waals surface area contributed by atoms with Gasteiger partial charge in [0.05, 0.1) is 11.2 Å². The fourth-order valence-corrected chi connectivity index (χ4v) is 3.80. The third kappa shape index (κ3) is 3.60. The van der Waals surface area contributed by atoms with Crippen LogP contribution in [0.25, 0.3) is 15.9 Å². The van der Waals surface area contributed by atoms with E-state index < -0.39 is 5.69 Å². The van der Waals surface area contributed by atoms with Crippen LogP contribution in [-0.4, -0.2) is 21.1 Å². The van der Waals surface area contributed by atoms with Crippen LogP contribution in [0.2, 0.25) is 0 Å². The molecule has 7 heteroatoms. The number of fused-ring (bicyclic) bond motifs is 1. The number of carbonyl (C=O) groups is 1. The molecule has 2 heterocycles. The van der Waals surface area contributed by atoms with Crippen LogP contribution in [0, 0.1) is 13.8 Å². The summed E-state index contributed by atoms with van der Waals surface area (Å²) in [7, 11) is 0. The van der Waals surface area contributed by atoms with Gasteiger partial charge < -0.3 is 5.32 Å². The summed E-state index contributed by atoms with van der Waals surface area (Å²) in [4.78, 5) is 38.6. The van der Waals surface area contributed by atoms with Gasteiger partial charge in [0.1, 0.15) is 11.2 Å². The lowest BCUT2D eigenvalue weighted by Gasteiger charge is -2.16. The highest BCUT2D eigenvalue weighted by molar-refractivity contribution is 7.17. The number of aromatic nitrogens is 2. The van der Waals surface area contributed by atoms with Gasteiger partial charge in [-0.15, -0.1) is 11.3 Å². The third-order valence-electron chi connectivity index (χ3n) is 4.68. The first-order valence-corrected chi connectivity index (χ1v) is 9.81. The standard InChI is InChI=1S/C20H23N3O3S/c1-5-14(4)21-17(24)11-22-15-8-9-27-18(15)19(25)23(20(22)26)16-10-12(2)6-7-13(16)3/h6-10,14H,5,11H2,1-4H3,(H,21,24). The molecule has 0 spiro atoms. The van der Waals surface area contributed by atoms with Crippen LogP contribution in [0.1, 0.15) is 31.4 Å². The summed E-state index contributed by atoms with van der Waals surface area (Å²) in [6, 6.07) is 7.38. The summed E-state index contributed by atoms with van der Waals surface area (Å²) in [5, 5.41) is 4.64. The fraction of sp³-hybridized carbons (Fsp3) is 0.350. The van der Waals surface area contributed by atoms with Gasteiger partial charge in [0.15, 0.2) is 0 Å². The Morgan fingerprint density at radius 2 is 1.96 bits per heavy atom. The Hall–Kier alpha value is -2.67. The normalized spacial score (nSPS) is 12.3. The van der Waals surface area contributed by atoms with Gasteiger partial charge in [-0.2, -0.15) is 0 Å². The quantitative estimate of drug-likeness (QED) is 0.734. The fourth-order valence-electron chi connectivity index (χ4n) is 2.98. The molecule has 2 aromatic heterocycles. The van der Waals surface area contributed by atoms with E-state index in [-0.39, 0.29) is 24.1 Å². The van der Waals surface area contributed by atoms with E-state index in [4.69, 9.17) is 0 Å². The average Bonchev–Trinajstić information content (AvgIpc) is 3.11. The second-order valence-corrected chi connectivity index (χ2v) is 7.73. The van der Waals surface area contributed by atoms with Gasteiger partial charge in [0.25, 0.3) is 5.56 Å². The van der Waals surface area contributed by atoms with Crippen molar-refractivity contribution in [1.29, 1.82) is 0 Å². The molecule has 27 heavy (non-hydrogen) atoms. The Labute approximate surface area is 161 Å².